The fraction of sp³-hybridized carbons (Fsp3) is 0.917. The van der Waals surface area contributed by atoms with Gasteiger partial charge in [-0.15, -0.1) is 0 Å². The van der Waals surface area contributed by atoms with Crippen molar-refractivity contribution in [2.75, 3.05) is 32.7 Å². The highest BCUT2D eigenvalue weighted by Gasteiger charge is 2.02. The molecule has 0 atom stereocenters. The first-order valence-corrected chi connectivity index (χ1v) is 6.48. The van der Waals surface area contributed by atoms with Crippen LogP contribution < -0.4 is 10.6 Å². The zero-order valence-corrected chi connectivity index (χ0v) is 11.0. The van der Waals surface area contributed by atoms with E-state index in [2.05, 4.69) is 36.3 Å². The molecule has 0 bridgehead atoms. The Morgan fingerprint density at radius 1 is 1.00 bits per heavy atom. The van der Waals surface area contributed by atoms with Crippen LogP contribution in [0.1, 0.15) is 40.0 Å². The molecule has 0 rings (SSSR count). The average Bonchev–Trinajstić information content (AvgIpc) is 2.28. The second kappa shape index (κ2) is 10.7. The van der Waals surface area contributed by atoms with Crippen molar-refractivity contribution in [1.82, 2.24) is 15.5 Å². The average molecular weight is 229 g/mol. The molecule has 0 heterocycles. The summed E-state index contributed by atoms with van der Waals surface area (Å²) in [5.74, 6) is 0. The molecule has 0 aromatic carbocycles. The molecule has 16 heavy (non-hydrogen) atoms. The molecule has 0 unspecified atom stereocenters. The number of rotatable bonds is 9. The number of amides is 2. The van der Waals surface area contributed by atoms with Gasteiger partial charge in [0.05, 0.1) is 0 Å². The van der Waals surface area contributed by atoms with Gasteiger partial charge in [-0.1, -0.05) is 27.2 Å². The van der Waals surface area contributed by atoms with E-state index in [9.17, 15) is 4.79 Å². The first kappa shape index (κ1) is 15.2. The van der Waals surface area contributed by atoms with Crippen LogP contribution in [0.25, 0.3) is 0 Å². The van der Waals surface area contributed by atoms with E-state index in [0.29, 0.717) is 0 Å². The summed E-state index contributed by atoms with van der Waals surface area (Å²) in [7, 11) is 0. The van der Waals surface area contributed by atoms with Crippen LogP contribution in [0.15, 0.2) is 0 Å². The van der Waals surface area contributed by atoms with Crippen molar-refractivity contribution >= 4 is 6.03 Å². The molecule has 96 valence electrons. The number of carbonyl (C=O) groups excluding carboxylic acids is 1. The van der Waals surface area contributed by atoms with Gasteiger partial charge < -0.3 is 15.5 Å². The number of unbranched alkanes of at least 4 members (excludes halogenated alkanes) is 1. The molecule has 0 aliphatic carbocycles. The molecule has 2 N–H and O–H groups in total. The highest BCUT2D eigenvalue weighted by atomic mass is 16.2. The van der Waals surface area contributed by atoms with Crippen LogP contribution in [0.2, 0.25) is 0 Å². The molecule has 2 amide bonds. The van der Waals surface area contributed by atoms with E-state index >= 15 is 0 Å². The zero-order valence-electron chi connectivity index (χ0n) is 11.0. The largest absolute Gasteiger partial charge is 0.338 e. The second-order valence-corrected chi connectivity index (χ2v) is 3.97. The summed E-state index contributed by atoms with van der Waals surface area (Å²) >= 11 is 0. The fourth-order valence-electron chi connectivity index (χ4n) is 1.51. The van der Waals surface area contributed by atoms with Crippen molar-refractivity contribution in [3.8, 4) is 0 Å². The minimum atomic E-state index is -0.0407. The number of hydrogen-bond acceptors (Lipinski definition) is 2. The summed E-state index contributed by atoms with van der Waals surface area (Å²) in [6.07, 6.45) is 3.32. The normalized spacial score (nSPS) is 10.5. The molecule has 0 fully saturated rings. The lowest BCUT2D eigenvalue weighted by molar-refractivity contribution is 0.236. The standard InChI is InChI=1S/C12H27N3O/c1-4-7-8-13-12(16)14-9-11-15(6-3)10-5-2/h4-11H2,1-3H3,(H2,13,14,16). The monoisotopic (exact) mass is 229 g/mol. The first-order valence-electron chi connectivity index (χ1n) is 6.48. The van der Waals surface area contributed by atoms with E-state index in [-0.39, 0.29) is 6.03 Å². The van der Waals surface area contributed by atoms with Gasteiger partial charge in [0.1, 0.15) is 0 Å². The van der Waals surface area contributed by atoms with Gasteiger partial charge in [-0.05, 0) is 25.9 Å². The number of nitrogens with one attached hydrogen (secondary N) is 2. The maximum Gasteiger partial charge on any atom is 0.314 e. The highest BCUT2D eigenvalue weighted by Crippen LogP contribution is 1.89. The minimum absolute atomic E-state index is 0.0407. The molecule has 0 saturated heterocycles. The molecule has 4 heteroatoms. The summed E-state index contributed by atoms with van der Waals surface area (Å²) in [4.78, 5) is 13.6. The van der Waals surface area contributed by atoms with Gasteiger partial charge in [0.15, 0.2) is 0 Å². The lowest BCUT2D eigenvalue weighted by Crippen LogP contribution is -2.40. The topological polar surface area (TPSA) is 44.4 Å². The summed E-state index contributed by atoms with van der Waals surface area (Å²) in [5.41, 5.74) is 0. The van der Waals surface area contributed by atoms with Crippen LogP contribution >= 0.6 is 0 Å². The Labute approximate surface area is 99.8 Å². The van der Waals surface area contributed by atoms with Gasteiger partial charge >= 0.3 is 6.03 Å². The van der Waals surface area contributed by atoms with Crippen molar-refractivity contribution in [1.29, 1.82) is 0 Å². The molecular weight excluding hydrogens is 202 g/mol. The van der Waals surface area contributed by atoms with Gasteiger partial charge in [-0.2, -0.15) is 0 Å². The van der Waals surface area contributed by atoms with Crippen LogP contribution in [-0.4, -0.2) is 43.7 Å². The van der Waals surface area contributed by atoms with E-state index in [1.807, 2.05) is 0 Å². The Kier molecular flexibility index (Phi) is 10.2. The van der Waals surface area contributed by atoms with E-state index in [4.69, 9.17) is 0 Å². The van der Waals surface area contributed by atoms with E-state index in [1.165, 1.54) is 0 Å². The maximum absolute atomic E-state index is 11.3. The molecule has 0 radical (unpaired) electrons. The summed E-state index contributed by atoms with van der Waals surface area (Å²) in [5, 5.41) is 5.71. The zero-order chi connectivity index (χ0) is 12.2. The maximum atomic E-state index is 11.3. The summed E-state index contributed by atoms with van der Waals surface area (Å²) < 4.78 is 0. The molecule has 0 aliphatic heterocycles. The Balaban J connectivity index is 3.44. The lowest BCUT2D eigenvalue weighted by Gasteiger charge is -2.19. The summed E-state index contributed by atoms with van der Waals surface area (Å²) in [6.45, 7) is 11.0. The van der Waals surface area contributed by atoms with Crippen LogP contribution in [0.4, 0.5) is 4.79 Å². The van der Waals surface area contributed by atoms with Gasteiger partial charge in [0.2, 0.25) is 0 Å². The van der Waals surface area contributed by atoms with Gasteiger partial charge in [-0.3, -0.25) is 0 Å². The number of carbonyl (C=O) groups is 1. The Bertz CT molecular complexity index is 174. The van der Waals surface area contributed by atoms with E-state index in [0.717, 1.165) is 52.0 Å². The van der Waals surface area contributed by atoms with Crippen LogP contribution in [0.5, 0.6) is 0 Å². The predicted molar refractivity (Wildman–Crippen MR) is 68.7 cm³/mol. The Hall–Kier alpha value is -0.770. The molecule has 0 saturated carbocycles. The van der Waals surface area contributed by atoms with Crippen molar-refractivity contribution in [3.63, 3.8) is 0 Å². The van der Waals surface area contributed by atoms with Crippen molar-refractivity contribution < 1.29 is 4.79 Å². The minimum Gasteiger partial charge on any atom is -0.338 e. The molecular formula is C12H27N3O. The third kappa shape index (κ3) is 8.53. The van der Waals surface area contributed by atoms with Gasteiger partial charge in [0, 0.05) is 19.6 Å². The Morgan fingerprint density at radius 2 is 1.69 bits per heavy atom. The van der Waals surface area contributed by atoms with E-state index < -0.39 is 0 Å². The quantitative estimate of drug-likeness (QED) is 0.592. The number of nitrogens with zero attached hydrogens (tertiary/aromatic N) is 1. The third-order valence-electron chi connectivity index (χ3n) is 2.52. The lowest BCUT2D eigenvalue weighted by atomic mass is 10.3. The molecule has 0 aromatic heterocycles. The SMILES string of the molecule is CCCCNC(=O)NCCN(CC)CCC. The Morgan fingerprint density at radius 3 is 2.25 bits per heavy atom. The first-order chi connectivity index (χ1) is 7.74. The number of urea groups is 1. The van der Waals surface area contributed by atoms with E-state index in [1.54, 1.807) is 0 Å². The predicted octanol–water partition coefficient (Wildman–Crippen LogP) is 1.82. The number of likely N-dealkylation sites (N-methyl/N-ethyl adjacent to an activating group) is 1. The summed E-state index contributed by atoms with van der Waals surface area (Å²) in [6, 6.07) is -0.0407. The van der Waals surface area contributed by atoms with Crippen molar-refractivity contribution in [2.45, 2.75) is 40.0 Å². The second-order valence-electron chi connectivity index (χ2n) is 3.97. The fourth-order valence-corrected chi connectivity index (χ4v) is 1.51. The third-order valence-corrected chi connectivity index (χ3v) is 2.52. The van der Waals surface area contributed by atoms with Crippen LogP contribution in [0.3, 0.4) is 0 Å². The molecule has 4 nitrogen and oxygen atoms in total. The molecule has 0 aromatic rings. The van der Waals surface area contributed by atoms with Gasteiger partial charge in [-0.25, -0.2) is 4.79 Å². The van der Waals surface area contributed by atoms with Crippen molar-refractivity contribution in [2.24, 2.45) is 0 Å². The number of hydrogen-bond donors (Lipinski definition) is 2. The van der Waals surface area contributed by atoms with Crippen LogP contribution in [0, 0.1) is 0 Å². The molecule has 0 spiro atoms. The van der Waals surface area contributed by atoms with Crippen LogP contribution in [-0.2, 0) is 0 Å². The van der Waals surface area contributed by atoms with Crippen molar-refractivity contribution in [3.05, 3.63) is 0 Å². The van der Waals surface area contributed by atoms with Gasteiger partial charge in [0.25, 0.3) is 0 Å². The molecule has 0 aliphatic rings. The highest BCUT2D eigenvalue weighted by molar-refractivity contribution is 5.73. The smallest absolute Gasteiger partial charge is 0.314 e.